The maximum Gasteiger partial charge on any atom is 0.122 e. The van der Waals surface area contributed by atoms with Gasteiger partial charge in [0.15, 0.2) is 0 Å². The molecule has 1 unspecified atom stereocenters. The number of fused-ring (bicyclic) bond motifs is 1. The van der Waals surface area contributed by atoms with Crippen molar-refractivity contribution < 1.29 is 9.47 Å². The van der Waals surface area contributed by atoms with E-state index in [1.165, 1.54) is 5.56 Å². The fraction of sp³-hybridized carbons (Fsp3) is 0.625. The summed E-state index contributed by atoms with van der Waals surface area (Å²) in [4.78, 5) is 0. The van der Waals surface area contributed by atoms with Crippen LogP contribution in [0.4, 0.5) is 0 Å². The standard InChI is InChI=1S/C16H25NO2/c1-13(2)17-9-5-10-18-12-14-8-11-19-16-7-4-3-6-15(14)16/h3-4,6-7,13-14,17H,5,8-12H2,1-2H3. The van der Waals surface area contributed by atoms with E-state index < -0.39 is 0 Å². The molecule has 1 aliphatic heterocycles. The van der Waals surface area contributed by atoms with E-state index in [2.05, 4.69) is 31.3 Å². The quantitative estimate of drug-likeness (QED) is 0.767. The van der Waals surface area contributed by atoms with Gasteiger partial charge in [0.2, 0.25) is 0 Å². The molecular formula is C16H25NO2. The van der Waals surface area contributed by atoms with Gasteiger partial charge >= 0.3 is 0 Å². The van der Waals surface area contributed by atoms with Crippen molar-refractivity contribution in [1.82, 2.24) is 5.32 Å². The summed E-state index contributed by atoms with van der Waals surface area (Å²) in [7, 11) is 0. The fourth-order valence-electron chi connectivity index (χ4n) is 2.38. The third-order valence-corrected chi connectivity index (χ3v) is 3.42. The predicted octanol–water partition coefficient (Wildman–Crippen LogP) is 2.96. The molecule has 1 N–H and O–H groups in total. The second kappa shape index (κ2) is 7.51. The molecule has 19 heavy (non-hydrogen) atoms. The zero-order chi connectivity index (χ0) is 13.5. The highest BCUT2D eigenvalue weighted by Crippen LogP contribution is 2.33. The van der Waals surface area contributed by atoms with Crippen LogP contribution in [0.5, 0.6) is 5.75 Å². The number of rotatable bonds is 7. The van der Waals surface area contributed by atoms with Crippen LogP contribution in [0.15, 0.2) is 24.3 Å². The Morgan fingerprint density at radius 3 is 3.05 bits per heavy atom. The minimum absolute atomic E-state index is 0.489. The van der Waals surface area contributed by atoms with Crippen molar-refractivity contribution >= 4 is 0 Å². The lowest BCUT2D eigenvalue weighted by atomic mass is 9.94. The molecule has 0 bridgehead atoms. The van der Waals surface area contributed by atoms with E-state index in [4.69, 9.17) is 9.47 Å². The first-order valence-corrected chi connectivity index (χ1v) is 7.30. The van der Waals surface area contributed by atoms with Crippen LogP contribution in [-0.4, -0.2) is 32.4 Å². The van der Waals surface area contributed by atoms with Gasteiger partial charge < -0.3 is 14.8 Å². The third kappa shape index (κ3) is 4.51. The molecule has 0 amide bonds. The number of ether oxygens (including phenoxy) is 2. The van der Waals surface area contributed by atoms with Crippen LogP contribution in [0.1, 0.15) is 38.2 Å². The van der Waals surface area contributed by atoms with Crippen molar-refractivity contribution in [3.8, 4) is 5.75 Å². The third-order valence-electron chi connectivity index (χ3n) is 3.42. The molecule has 3 heteroatoms. The van der Waals surface area contributed by atoms with Crippen LogP contribution in [0.2, 0.25) is 0 Å². The van der Waals surface area contributed by atoms with Crippen molar-refractivity contribution in [2.45, 2.75) is 38.6 Å². The monoisotopic (exact) mass is 263 g/mol. The van der Waals surface area contributed by atoms with Crippen LogP contribution in [0.3, 0.4) is 0 Å². The van der Waals surface area contributed by atoms with Gasteiger partial charge in [-0.3, -0.25) is 0 Å². The summed E-state index contributed by atoms with van der Waals surface area (Å²) in [5, 5.41) is 3.40. The van der Waals surface area contributed by atoms with E-state index in [1.807, 2.05) is 12.1 Å². The SMILES string of the molecule is CC(C)NCCCOCC1CCOc2ccccc21. The van der Waals surface area contributed by atoms with Crippen molar-refractivity contribution in [1.29, 1.82) is 0 Å². The van der Waals surface area contributed by atoms with E-state index in [1.54, 1.807) is 0 Å². The average Bonchev–Trinajstić information content (AvgIpc) is 2.42. The zero-order valence-corrected chi connectivity index (χ0v) is 12.0. The number of para-hydroxylation sites is 1. The first-order valence-electron chi connectivity index (χ1n) is 7.30. The van der Waals surface area contributed by atoms with Gasteiger partial charge in [0.05, 0.1) is 13.2 Å². The molecule has 0 spiro atoms. The molecule has 0 aromatic heterocycles. The maximum atomic E-state index is 5.82. The minimum Gasteiger partial charge on any atom is -0.493 e. The highest BCUT2D eigenvalue weighted by Gasteiger charge is 2.20. The van der Waals surface area contributed by atoms with Crippen molar-refractivity contribution in [2.75, 3.05) is 26.4 Å². The van der Waals surface area contributed by atoms with Crippen LogP contribution in [0.25, 0.3) is 0 Å². The van der Waals surface area contributed by atoms with Crippen LogP contribution < -0.4 is 10.1 Å². The fourth-order valence-corrected chi connectivity index (χ4v) is 2.38. The van der Waals surface area contributed by atoms with E-state index in [9.17, 15) is 0 Å². The van der Waals surface area contributed by atoms with E-state index in [-0.39, 0.29) is 0 Å². The van der Waals surface area contributed by atoms with Gasteiger partial charge in [0, 0.05) is 18.6 Å². The average molecular weight is 263 g/mol. The Balaban J connectivity index is 1.70. The molecule has 1 aromatic carbocycles. The molecular weight excluding hydrogens is 238 g/mol. The van der Waals surface area contributed by atoms with Crippen molar-refractivity contribution in [3.05, 3.63) is 29.8 Å². The summed E-state index contributed by atoms with van der Waals surface area (Å²) < 4.78 is 11.5. The maximum absolute atomic E-state index is 5.82. The first kappa shape index (κ1) is 14.4. The molecule has 3 nitrogen and oxygen atoms in total. The van der Waals surface area contributed by atoms with Gasteiger partial charge in [0.1, 0.15) is 5.75 Å². The molecule has 1 heterocycles. The summed E-state index contributed by atoms with van der Waals surface area (Å²) in [6, 6.07) is 8.87. The lowest BCUT2D eigenvalue weighted by Gasteiger charge is -2.25. The second-order valence-electron chi connectivity index (χ2n) is 5.41. The lowest BCUT2D eigenvalue weighted by molar-refractivity contribution is 0.103. The molecule has 1 aliphatic rings. The molecule has 0 radical (unpaired) electrons. The largest absolute Gasteiger partial charge is 0.493 e. The lowest BCUT2D eigenvalue weighted by Crippen LogP contribution is -2.25. The Morgan fingerprint density at radius 1 is 1.37 bits per heavy atom. The highest BCUT2D eigenvalue weighted by atomic mass is 16.5. The Morgan fingerprint density at radius 2 is 2.21 bits per heavy atom. The number of benzene rings is 1. The Bertz CT molecular complexity index is 379. The van der Waals surface area contributed by atoms with Gasteiger partial charge in [-0.05, 0) is 31.0 Å². The van der Waals surface area contributed by atoms with Crippen molar-refractivity contribution in [3.63, 3.8) is 0 Å². The summed E-state index contributed by atoms with van der Waals surface area (Å²) in [5.41, 5.74) is 1.30. The smallest absolute Gasteiger partial charge is 0.122 e. The summed E-state index contributed by atoms with van der Waals surface area (Å²) in [6.07, 6.45) is 2.13. The predicted molar refractivity (Wildman–Crippen MR) is 77.9 cm³/mol. The normalized spacial score (nSPS) is 18.2. The molecule has 0 fully saturated rings. The van der Waals surface area contributed by atoms with Gasteiger partial charge in [0.25, 0.3) is 0 Å². The van der Waals surface area contributed by atoms with Crippen LogP contribution in [-0.2, 0) is 4.74 Å². The molecule has 106 valence electrons. The van der Waals surface area contributed by atoms with Gasteiger partial charge in [-0.15, -0.1) is 0 Å². The highest BCUT2D eigenvalue weighted by molar-refractivity contribution is 5.37. The summed E-state index contributed by atoms with van der Waals surface area (Å²) in [6.45, 7) is 7.81. The van der Waals surface area contributed by atoms with Crippen LogP contribution >= 0.6 is 0 Å². The molecule has 2 rings (SSSR count). The van der Waals surface area contributed by atoms with E-state index >= 15 is 0 Å². The zero-order valence-electron chi connectivity index (χ0n) is 12.0. The number of hydrogen-bond acceptors (Lipinski definition) is 3. The topological polar surface area (TPSA) is 30.5 Å². The molecule has 0 saturated heterocycles. The minimum atomic E-state index is 0.489. The Labute approximate surface area is 116 Å². The van der Waals surface area contributed by atoms with Crippen molar-refractivity contribution in [2.24, 2.45) is 0 Å². The van der Waals surface area contributed by atoms with Crippen LogP contribution in [0, 0.1) is 0 Å². The second-order valence-corrected chi connectivity index (χ2v) is 5.41. The molecule has 0 aliphatic carbocycles. The number of hydrogen-bond donors (Lipinski definition) is 1. The summed E-state index contributed by atoms with van der Waals surface area (Å²) >= 11 is 0. The van der Waals surface area contributed by atoms with Gasteiger partial charge in [-0.1, -0.05) is 32.0 Å². The molecule has 0 saturated carbocycles. The first-order chi connectivity index (χ1) is 9.27. The van der Waals surface area contributed by atoms with E-state index in [0.29, 0.717) is 12.0 Å². The van der Waals surface area contributed by atoms with Gasteiger partial charge in [-0.25, -0.2) is 0 Å². The Hall–Kier alpha value is -1.06. The van der Waals surface area contributed by atoms with E-state index in [0.717, 1.165) is 45.0 Å². The van der Waals surface area contributed by atoms with Gasteiger partial charge in [-0.2, -0.15) is 0 Å². The Kier molecular flexibility index (Phi) is 5.67. The molecule has 1 aromatic rings. The molecule has 1 atom stereocenters. The summed E-state index contributed by atoms with van der Waals surface area (Å²) in [5.74, 6) is 1.52. The number of nitrogens with one attached hydrogen (secondary N) is 1.